The van der Waals surface area contributed by atoms with E-state index in [-0.39, 0.29) is 11.9 Å². The molecular weight excluding hydrogens is 252 g/mol. The van der Waals surface area contributed by atoms with Crippen molar-refractivity contribution in [1.29, 1.82) is 0 Å². The summed E-state index contributed by atoms with van der Waals surface area (Å²) in [5.41, 5.74) is 2.62. The Balaban J connectivity index is 1.89. The molecule has 0 fully saturated rings. The highest BCUT2D eigenvalue weighted by molar-refractivity contribution is 5.78. The molecule has 0 spiro atoms. The highest BCUT2D eigenvalue weighted by atomic mass is 16.5. The second kappa shape index (κ2) is 6.75. The summed E-state index contributed by atoms with van der Waals surface area (Å²) >= 11 is 0. The number of hydrogen-bond donors (Lipinski definition) is 2. The SMILES string of the molecule is COc1ccc2c(c1)C(NCC(=O)NCC(C)C)CC2. The zero-order chi connectivity index (χ0) is 14.5. The van der Waals surface area contributed by atoms with E-state index in [0.29, 0.717) is 12.5 Å². The molecule has 20 heavy (non-hydrogen) atoms. The van der Waals surface area contributed by atoms with Crippen molar-refractivity contribution in [3.63, 3.8) is 0 Å². The lowest BCUT2D eigenvalue weighted by molar-refractivity contribution is -0.120. The summed E-state index contributed by atoms with van der Waals surface area (Å²) < 4.78 is 5.27. The number of fused-ring (bicyclic) bond motifs is 1. The number of benzene rings is 1. The molecule has 0 heterocycles. The lowest BCUT2D eigenvalue weighted by atomic mass is 10.1. The van der Waals surface area contributed by atoms with Crippen molar-refractivity contribution >= 4 is 5.91 Å². The summed E-state index contributed by atoms with van der Waals surface area (Å²) in [7, 11) is 1.68. The summed E-state index contributed by atoms with van der Waals surface area (Å²) in [6.45, 7) is 5.28. The van der Waals surface area contributed by atoms with Crippen molar-refractivity contribution < 1.29 is 9.53 Å². The van der Waals surface area contributed by atoms with Crippen molar-refractivity contribution in [3.8, 4) is 5.75 Å². The molecule has 0 aromatic heterocycles. The molecule has 2 N–H and O–H groups in total. The van der Waals surface area contributed by atoms with E-state index in [2.05, 4.69) is 36.6 Å². The Morgan fingerprint density at radius 1 is 1.45 bits per heavy atom. The predicted molar refractivity (Wildman–Crippen MR) is 79.9 cm³/mol. The number of amides is 1. The van der Waals surface area contributed by atoms with E-state index in [1.165, 1.54) is 11.1 Å². The lowest BCUT2D eigenvalue weighted by Crippen LogP contribution is -2.36. The van der Waals surface area contributed by atoms with Crippen LogP contribution >= 0.6 is 0 Å². The molecule has 110 valence electrons. The zero-order valence-electron chi connectivity index (χ0n) is 12.5. The topological polar surface area (TPSA) is 50.4 Å². The third-order valence-electron chi connectivity index (χ3n) is 3.65. The molecule has 0 saturated carbocycles. The van der Waals surface area contributed by atoms with Crippen LogP contribution in [0.2, 0.25) is 0 Å². The quantitative estimate of drug-likeness (QED) is 0.836. The van der Waals surface area contributed by atoms with Crippen LogP contribution in [0.5, 0.6) is 5.75 Å². The van der Waals surface area contributed by atoms with Gasteiger partial charge in [-0.2, -0.15) is 0 Å². The third kappa shape index (κ3) is 3.73. The number of hydrogen-bond acceptors (Lipinski definition) is 3. The number of nitrogens with one attached hydrogen (secondary N) is 2. The summed E-state index contributed by atoms with van der Waals surface area (Å²) in [4.78, 5) is 11.7. The van der Waals surface area contributed by atoms with Gasteiger partial charge in [-0.1, -0.05) is 19.9 Å². The smallest absolute Gasteiger partial charge is 0.233 e. The van der Waals surface area contributed by atoms with Crippen molar-refractivity contribution in [2.75, 3.05) is 20.2 Å². The first-order chi connectivity index (χ1) is 9.60. The third-order valence-corrected chi connectivity index (χ3v) is 3.65. The van der Waals surface area contributed by atoms with Crippen molar-refractivity contribution in [2.45, 2.75) is 32.7 Å². The van der Waals surface area contributed by atoms with Crippen LogP contribution in [-0.2, 0) is 11.2 Å². The van der Waals surface area contributed by atoms with Gasteiger partial charge >= 0.3 is 0 Å². The average molecular weight is 276 g/mol. The van der Waals surface area contributed by atoms with Crippen LogP contribution in [0.4, 0.5) is 0 Å². The summed E-state index contributed by atoms with van der Waals surface area (Å²) in [5, 5.41) is 6.27. The summed E-state index contributed by atoms with van der Waals surface area (Å²) in [5.74, 6) is 1.42. The van der Waals surface area contributed by atoms with Crippen molar-refractivity contribution in [3.05, 3.63) is 29.3 Å². The molecule has 1 aromatic carbocycles. The minimum absolute atomic E-state index is 0.0649. The molecule has 1 aliphatic carbocycles. The van der Waals surface area contributed by atoms with Crippen LogP contribution in [0, 0.1) is 5.92 Å². The molecule has 1 unspecified atom stereocenters. The molecule has 4 heteroatoms. The van der Waals surface area contributed by atoms with E-state index >= 15 is 0 Å². The standard InChI is InChI=1S/C16H24N2O2/c1-11(2)9-18-16(19)10-17-15-7-5-12-4-6-13(20-3)8-14(12)15/h4,6,8,11,15,17H,5,7,9-10H2,1-3H3,(H,18,19). The van der Waals surface area contributed by atoms with Crippen molar-refractivity contribution in [2.24, 2.45) is 5.92 Å². The minimum atomic E-state index is 0.0649. The number of carbonyl (C=O) groups excluding carboxylic acids is 1. The first-order valence-corrected chi connectivity index (χ1v) is 7.27. The van der Waals surface area contributed by atoms with Crippen LogP contribution in [0.1, 0.15) is 37.4 Å². The van der Waals surface area contributed by atoms with E-state index in [1.54, 1.807) is 7.11 Å². The molecule has 4 nitrogen and oxygen atoms in total. The molecule has 0 saturated heterocycles. The Kier molecular flexibility index (Phi) is 5.01. The lowest BCUT2D eigenvalue weighted by Gasteiger charge is -2.15. The van der Waals surface area contributed by atoms with Gasteiger partial charge in [-0.3, -0.25) is 4.79 Å². The fraction of sp³-hybridized carbons (Fsp3) is 0.562. The van der Waals surface area contributed by atoms with Crippen LogP contribution in [0.25, 0.3) is 0 Å². The van der Waals surface area contributed by atoms with E-state index in [1.807, 2.05) is 6.07 Å². The Hall–Kier alpha value is -1.55. The molecule has 1 amide bonds. The highest BCUT2D eigenvalue weighted by Crippen LogP contribution is 2.33. The maximum absolute atomic E-state index is 11.7. The number of aryl methyl sites for hydroxylation is 1. The molecule has 0 aliphatic heterocycles. The van der Waals surface area contributed by atoms with E-state index < -0.39 is 0 Å². The molecule has 1 atom stereocenters. The van der Waals surface area contributed by atoms with E-state index in [4.69, 9.17) is 4.74 Å². The van der Waals surface area contributed by atoms with Crippen LogP contribution in [-0.4, -0.2) is 26.1 Å². The molecule has 1 aliphatic rings. The fourth-order valence-corrected chi connectivity index (χ4v) is 2.52. The summed E-state index contributed by atoms with van der Waals surface area (Å²) in [6.07, 6.45) is 2.10. The number of carbonyl (C=O) groups is 1. The molecular formula is C16H24N2O2. The summed E-state index contributed by atoms with van der Waals surface area (Å²) in [6, 6.07) is 6.45. The number of ether oxygens (including phenoxy) is 1. The maximum atomic E-state index is 11.7. The van der Waals surface area contributed by atoms with Gasteiger partial charge in [0.05, 0.1) is 13.7 Å². The fourth-order valence-electron chi connectivity index (χ4n) is 2.52. The predicted octanol–water partition coefficient (Wildman–Crippen LogP) is 2.04. The molecule has 1 aromatic rings. The van der Waals surface area contributed by atoms with Gasteiger partial charge in [-0.25, -0.2) is 0 Å². The zero-order valence-corrected chi connectivity index (χ0v) is 12.5. The Bertz CT molecular complexity index is 472. The Morgan fingerprint density at radius 3 is 2.95 bits per heavy atom. The second-order valence-electron chi connectivity index (χ2n) is 5.73. The first kappa shape index (κ1) is 14.9. The monoisotopic (exact) mass is 276 g/mol. The van der Waals surface area contributed by atoms with Gasteiger partial charge in [0.25, 0.3) is 0 Å². The number of rotatable bonds is 6. The maximum Gasteiger partial charge on any atom is 0.233 e. The van der Waals surface area contributed by atoms with Gasteiger partial charge in [0, 0.05) is 12.6 Å². The van der Waals surface area contributed by atoms with Gasteiger partial charge in [0.1, 0.15) is 5.75 Å². The molecule has 0 radical (unpaired) electrons. The molecule has 2 rings (SSSR count). The van der Waals surface area contributed by atoms with Gasteiger partial charge in [-0.05, 0) is 42.0 Å². The highest BCUT2D eigenvalue weighted by Gasteiger charge is 2.23. The Morgan fingerprint density at radius 2 is 2.25 bits per heavy atom. The van der Waals surface area contributed by atoms with Crippen molar-refractivity contribution in [1.82, 2.24) is 10.6 Å². The molecule has 0 bridgehead atoms. The van der Waals surface area contributed by atoms with Gasteiger partial charge < -0.3 is 15.4 Å². The van der Waals surface area contributed by atoms with Gasteiger partial charge in [0.2, 0.25) is 5.91 Å². The first-order valence-electron chi connectivity index (χ1n) is 7.27. The largest absolute Gasteiger partial charge is 0.497 e. The van der Waals surface area contributed by atoms with Crippen LogP contribution in [0.15, 0.2) is 18.2 Å². The van der Waals surface area contributed by atoms with Gasteiger partial charge in [-0.15, -0.1) is 0 Å². The average Bonchev–Trinajstić information content (AvgIpc) is 2.85. The second-order valence-corrected chi connectivity index (χ2v) is 5.73. The van der Waals surface area contributed by atoms with Crippen LogP contribution < -0.4 is 15.4 Å². The normalized spacial score (nSPS) is 17.1. The van der Waals surface area contributed by atoms with Gasteiger partial charge in [0.15, 0.2) is 0 Å². The van der Waals surface area contributed by atoms with E-state index in [0.717, 1.165) is 25.1 Å². The van der Waals surface area contributed by atoms with E-state index in [9.17, 15) is 4.79 Å². The number of methoxy groups -OCH3 is 1. The van der Waals surface area contributed by atoms with Crippen LogP contribution in [0.3, 0.4) is 0 Å². The Labute approximate surface area is 120 Å². The minimum Gasteiger partial charge on any atom is -0.497 e.